The first kappa shape index (κ1) is 19.2. The summed E-state index contributed by atoms with van der Waals surface area (Å²) in [5.41, 5.74) is -0.390. The molecule has 1 unspecified atom stereocenters. The van der Waals surface area contributed by atoms with Crippen LogP contribution in [0.4, 0.5) is 4.79 Å². The lowest BCUT2D eigenvalue weighted by molar-refractivity contribution is -0.138. The zero-order chi connectivity index (χ0) is 16.6. The van der Waals surface area contributed by atoms with E-state index in [2.05, 4.69) is 10.6 Å². The fraction of sp³-hybridized carbons (Fsp3) is 0.786. The van der Waals surface area contributed by atoms with Crippen LogP contribution in [0.3, 0.4) is 0 Å². The molecule has 7 nitrogen and oxygen atoms in total. The third-order valence-corrected chi connectivity index (χ3v) is 3.25. The topological polar surface area (TPSA) is 98.7 Å². The largest absolute Gasteiger partial charge is 0.481 e. The second kappa shape index (κ2) is 8.49. The number of carbonyl (C=O) groups is 3. The molecule has 0 fully saturated rings. The average Bonchev–Trinajstić information content (AvgIpc) is 2.35. The number of aliphatic carboxylic acids is 1. The summed E-state index contributed by atoms with van der Waals surface area (Å²) in [4.78, 5) is 36.0. The number of nitrogens with zero attached hydrogens (tertiary/aromatic N) is 1. The molecule has 0 aliphatic heterocycles. The Bertz CT molecular complexity index is 373. The van der Waals surface area contributed by atoms with Gasteiger partial charge in [0.2, 0.25) is 5.91 Å². The number of hydrogen-bond donors (Lipinski definition) is 3. The highest BCUT2D eigenvalue weighted by Gasteiger charge is 2.28. The molecule has 0 aliphatic carbocycles. The van der Waals surface area contributed by atoms with Crippen molar-refractivity contribution in [3.63, 3.8) is 0 Å². The van der Waals surface area contributed by atoms with Crippen molar-refractivity contribution in [2.45, 2.75) is 47.1 Å². The minimum atomic E-state index is -0.977. The summed E-state index contributed by atoms with van der Waals surface area (Å²) < 4.78 is 0. The smallest absolute Gasteiger partial charge is 0.315 e. The number of hydrogen-bond acceptors (Lipinski definition) is 3. The highest BCUT2D eigenvalue weighted by atomic mass is 16.4. The van der Waals surface area contributed by atoms with Gasteiger partial charge in [-0.3, -0.25) is 9.59 Å². The molecule has 1 atom stereocenters. The number of carboxylic acids is 1. The third-order valence-electron chi connectivity index (χ3n) is 3.25. The van der Waals surface area contributed by atoms with Crippen molar-refractivity contribution in [3.8, 4) is 0 Å². The molecule has 7 heteroatoms. The maximum absolute atomic E-state index is 11.8. The van der Waals surface area contributed by atoms with Crippen molar-refractivity contribution >= 4 is 17.9 Å². The molecule has 0 aromatic carbocycles. The van der Waals surface area contributed by atoms with E-state index in [-0.39, 0.29) is 18.9 Å². The molecule has 0 aliphatic rings. The van der Waals surface area contributed by atoms with Crippen molar-refractivity contribution in [3.05, 3.63) is 0 Å². The van der Waals surface area contributed by atoms with Crippen LogP contribution < -0.4 is 10.6 Å². The molecule has 0 bridgehead atoms. The van der Waals surface area contributed by atoms with Crippen LogP contribution in [0.15, 0.2) is 0 Å². The molecule has 0 rings (SSSR count). The zero-order valence-electron chi connectivity index (χ0n) is 13.5. The first-order valence-electron chi connectivity index (χ1n) is 7.15. The van der Waals surface area contributed by atoms with Crippen molar-refractivity contribution in [2.24, 2.45) is 5.41 Å². The lowest BCUT2D eigenvalue weighted by Gasteiger charge is -2.30. The van der Waals surface area contributed by atoms with Gasteiger partial charge in [-0.2, -0.15) is 0 Å². The zero-order valence-corrected chi connectivity index (χ0v) is 13.5. The fourth-order valence-corrected chi connectivity index (χ4v) is 1.80. The minimum Gasteiger partial charge on any atom is -0.481 e. The van der Waals surface area contributed by atoms with Crippen molar-refractivity contribution in [2.75, 3.05) is 19.6 Å². The summed E-state index contributed by atoms with van der Waals surface area (Å²) in [5, 5.41) is 14.0. The Kier molecular flexibility index (Phi) is 7.76. The normalized spacial score (nSPS) is 12.4. The number of carboxylic acid groups (broad SMARTS) is 1. The van der Waals surface area contributed by atoms with Crippen LogP contribution >= 0.6 is 0 Å². The van der Waals surface area contributed by atoms with Gasteiger partial charge in [-0.05, 0) is 19.3 Å². The molecular formula is C14H27N3O4. The molecule has 0 spiro atoms. The number of carbonyl (C=O) groups excluding carboxylic acids is 2. The average molecular weight is 301 g/mol. The first-order valence-corrected chi connectivity index (χ1v) is 7.15. The quantitative estimate of drug-likeness (QED) is 0.654. The molecule has 0 radical (unpaired) electrons. The number of rotatable bonds is 7. The number of urea groups is 1. The maximum Gasteiger partial charge on any atom is 0.315 e. The van der Waals surface area contributed by atoms with E-state index in [0.717, 1.165) is 0 Å². The highest BCUT2D eigenvalue weighted by molar-refractivity contribution is 5.84. The molecule has 122 valence electrons. The molecule has 0 heterocycles. The van der Waals surface area contributed by atoms with Gasteiger partial charge in [-0.15, -0.1) is 0 Å². The van der Waals surface area contributed by atoms with E-state index in [1.165, 1.54) is 0 Å². The molecular weight excluding hydrogens is 274 g/mol. The lowest BCUT2D eigenvalue weighted by Crippen LogP contribution is -2.51. The van der Waals surface area contributed by atoms with Crippen LogP contribution in [0.2, 0.25) is 0 Å². The molecule has 3 amide bonds. The van der Waals surface area contributed by atoms with E-state index in [1.54, 1.807) is 4.90 Å². The van der Waals surface area contributed by atoms with Crippen LogP contribution in [0.1, 0.15) is 41.0 Å². The van der Waals surface area contributed by atoms with E-state index < -0.39 is 23.5 Å². The van der Waals surface area contributed by atoms with E-state index in [1.807, 2.05) is 34.6 Å². The van der Waals surface area contributed by atoms with Gasteiger partial charge in [0.1, 0.15) is 0 Å². The second-order valence-electron chi connectivity index (χ2n) is 5.91. The SMILES string of the molecule is CCN(CC)C(=O)CNC(=O)NC(CC(=O)O)C(C)(C)C. The summed E-state index contributed by atoms with van der Waals surface area (Å²) in [7, 11) is 0. The predicted molar refractivity (Wildman–Crippen MR) is 80.0 cm³/mol. The Labute approximate surface area is 126 Å². The Morgan fingerprint density at radius 2 is 1.67 bits per heavy atom. The summed E-state index contributed by atoms with van der Waals surface area (Å²) >= 11 is 0. The van der Waals surface area contributed by atoms with Crippen LogP contribution in [-0.4, -0.2) is 53.6 Å². The Hall–Kier alpha value is -1.79. The van der Waals surface area contributed by atoms with Crippen LogP contribution in [-0.2, 0) is 9.59 Å². The number of amides is 3. The number of likely N-dealkylation sites (N-methyl/N-ethyl adjacent to an activating group) is 1. The summed E-state index contributed by atoms with van der Waals surface area (Å²) in [6.45, 7) is 10.3. The van der Waals surface area contributed by atoms with Crippen molar-refractivity contribution in [1.29, 1.82) is 0 Å². The van der Waals surface area contributed by atoms with Gasteiger partial charge in [0.15, 0.2) is 0 Å². The van der Waals surface area contributed by atoms with Crippen molar-refractivity contribution in [1.82, 2.24) is 15.5 Å². The minimum absolute atomic E-state index is 0.0998. The van der Waals surface area contributed by atoms with E-state index >= 15 is 0 Å². The lowest BCUT2D eigenvalue weighted by atomic mass is 9.85. The van der Waals surface area contributed by atoms with E-state index in [4.69, 9.17) is 5.11 Å². The Morgan fingerprint density at radius 1 is 1.14 bits per heavy atom. The van der Waals surface area contributed by atoms with Crippen LogP contribution in [0.5, 0.6) is 0 Å². The van der Waals surface area contributed by atoms with E-state index in [9.17, 15) is 14.4 Å². The molecule has 0 aromatic rings. The summed E-state index contributed by atoms with van der Waals surface area (Å²) in [6.07, 6.45) is -0.166. The third kappa shape index (κ3) is 7.53. The van der Waals surface area contributed by atoms with Gasteiger partial charge in [0.05, 0.1) is 13.0 Å². The van der Waals surface area contributed by atoms with Gasteiger partial charge in [-0.1, -0.05) is 20.8 Å². The summed E-state index contributed by atoms with van der Waals surface area (Å²) in [6, 6.07) is -1.05. The van der Waals surface area contributed by atoms with Gasteiger partial charge in [0.25, 0.3) is 0 Å². The van der Waals surface area contributed by atoms with Crippen molar-refractivity contribution < 1.29 is 19.5 Å². The number of nitrogens with one attached hydrogen (secondary N) is 2. The molecule has 21 heavy (non-hydrogen) atoms. The van der Waals surface area contributed by atoms with Gasteiger partial charge in [0, 0.05) is 19.1 Å². The second-order valence-corrected chi connectivity index (χ2v) is 5.91. The van der Waals surface area contributed by atoms with E-state index in [0.29, 0.717) is 13.1 Å². The molecule has 0 saturated carbocycles. The Morgan fingerprint density at radius 3 is 2.05 bits per heavy atom. The maximum atomic E-state index is 11.8. The fourth-order valence-electron chi connectivity index (χ4n) is 1.80. The van der Waals surface area contributed by atoms with Gasteiger partial charge in [-0.25, -0.2) is 4.79 Å². The highest BCUT2D eigenvalue weighted by Crippen LogP contribution is 2.21. The molecule has 0 saturated heterocycles. The first-order chi connectivity index (χ1) is 9.61. The van der Waals surface area contributed by atoms with Crippen LogP contribution in [0.25, 0.3) is 0 Å². The Balaban J connectivity index is 4.45. The monoisotopic (exact) mass is 301 g/mol. The predicted octanol–water partition coefficient (Wildman–Crippen LogP) is 1.04. The van der Waals surface area contributed by atoms with Gasteiger partial charge < -0.3 is 20.6 Å². The molecule has 3 N–H and O–H groups in total. The van der Waals surface area contributed by atoms with Crippen LogP contribution in [0, 0.1) is 5.41 Å². The standard InChI is InChI=1S/C14H27N3O4/c1-6-17(7-2)11(18)9-15-13(21)16-10(8-12(19)20)14(3,4)5/h10H,6-9H2,1-5H3,(H,19,20)(H2,15,16,21). The summed E-state index contributed by atoms with van der Waals surface area (Å²) in [5.74, 6) is -1.14. The van der Waals surface area contributed by atoms with Gasteiger partial charge >= 0.3 is 12.0 Å². The molecule has 0 aromatic heterocycles.